The van der Waals surface area contributed by atoms with Gasteiger partial charge in [0, 0.05) is 7.05 Å². The molecule has 0 N–H and O–H groups in total. The molecule has 1 aromatic carbocycles. The smallest absolute Gasteiger partial charge is 0.151 e. The number of aromatic nitrogens is 2. The summed E-state index contributed by atoms with van der Waals surface area (Å²) in [6.07, 6.45) is 1.01. The van der Waals surface area contributed by atoms with Crippen LogP contribution in [0.3, 0.4) is 0 Å². The Balaban J connectivity index is 2.26. The van der Waals surface area contributed by atoms with Crippen molar-refractivity contribution in [2.75, 3.05) is 0 Å². The molecule has 19 heavy (non-hydrogen) atoms. The third kappa shape index (κ3) is 1.83. The van der Waals surface area contributed by atoms with Crippen molar-refractivity contribution in [3.63, 3.8) is 0 Å². The molecule has 2 aromatic heterocycles. The maximum atomic E-state index is 8.98. The monoisotopic (exact) mass is 267 g/mol. The van der Waals surface area contributed by atoms with Gasteiger partial charge in [0.2, 0.25) is 0 Å². The minimum absolute atomic E-state index is 0.670. The van der Waals surface area contributed by atoms with E-state index in [0.29, 0.717) is 5.56 Å². The van der Waals surface area contributed by atoms with Crippen LogP contribution in [0.5, 0.6) is 0 Å². The minimum Gasteiger partial charge on any atom is -0.326 e. The van der Waals surface area contributed by atoms with Crippen molar-refractivity contribution in [1.82, 2.24) is 9.55 Å². The first kappa shape index (κ1) is 11.9. The fourth-order valence-electron chi connectivity index (χ4n) is 2.27. The molecule has 2 heterocycles. The van der Waals surface area contributed by atoms with Gasteiger partial charge in [0.15, 0.2) is 5.82 Å². The summed E-state index contributed by atoms with van der Waals surface area (Å²) in [5.74, 6) is 0.983. The number of hydrogen-bond acceptors (Lipinski definition) is 3. The molecule has 0 saturated heterocycles. The molecule has 0 amide bonds. The summed E-state index contributed by atoms with van der Waals surface area (Å²) in [5.41, 5.74) is 3.93. The first-order chi connectivity index (χ1) is 9.24. The first-order valence-electron chi connectivity index (χ1n) is 6.18. The van der Waals surface area contributed by atoms with E-state index in [1.165, 1.54) is 10.4 Å². The number of hydrogen-bond donors (Lipinski definition) is 0. The predicted octanol–water partition coefficient (Wildman–Crippen LogP) is 3.74. The number of nitriles is 1. The van der Waals surface area contributed by atoms with Crippen molar-refractivity contribution in [1.29, 1.82) is 5.26 Å². The van der Waals surface area contributed by atoms with E-state index in [0.717, 1.165) is 23.3 Å². The van der Waals surface area contributed by atoms with Gasteiger partial charge in [-0.3, -0.25) is 0 Å². The summed E-state index contributed by atoms with van der Waals surface area (Å²) in [6.45, 7) is 2.15. The van der Waals surface area contributed by atoms with E-state index in [1.54, 1.807) is 11.3 Å². The number of nitrogens with zero attached hydrogens (tertiary/aromatic N) is 3. The zero-order valence-corrected chi connectivity index (χ0v) is 11.7. The topological polar surface area (TPSA) is 41.6 Å². The van der Waals surface area contributed by atoms with Crippen LogP contribution in [0.15, 0.2) is 29.6 Å². The molecule has 0 bridgehead atoms. The quantitative estimate of drug-likeness (QED) is 0.709. The molecule has 0 aliphatic heterocycles. The zero-order chi connectivity index (χ0) is 13.4. The fraction of sp³-hybridized carbons (Fsp3) is 0.200. The lowest BCUT2D eigenvalue weighted by atomic mass is 10.2. The van der Waals surface area contributed by atoms with Gasteiger partial charge in [0.05, 0.1) is 27.5 Å². The molecule has 0 radical (unpaired) electrons. The van der Waals surface area contributed by atoms with Gasteiger partial charge in [-0.05, 0) is 41.6 Å². The van der Waals surface area contributed by atoms with Crippen molar-refractivity contribution in [3.8, 4) is 16.8 Å². The summed E-state index contributed by atoms with van der Waals surface area (Å²) in [7, 11) is 2.00. The lowest BCUT2D eigenvalue weighted by Gasteiger charge is -2.02. The van der Waals surface area contributed by atoms with Gasteiger partial charge in [0.25, 0.3) is 0 Å². The summed E-state index contributed by atoms with van der Waals surface area (Å²) in [4.78, 5) is 5.92. The van der Waals surface area contributed by atoms with E-state index in [1.807, 2.05) is 25.2 Å². The van der Waals surface area contributed by atoms with Crippen molar-refractivity contribution < 1.29 is 0 Å². The maximum absolute atomic E-state index is 8.98. The zero-order valence-electron chi connectivity index (χ0n) is 10.8. The Hall–Kier alpha value is -2.12. The highest BCUT2D eigenvalue weighted by Crippen LogP contribution is 2.31. The second-order valence-electron chi connectivity index (χ2n) is 4.44. The first-order valence-corrected chi connectivity index (χ1v) is 7.06. The highest BCUT2D eigenvalue weighted by Gasteiger charge is 2.14. The average molecular weight is 267 g/mol. The third-order valence-electron chi connectivity index (χ3n) is 3.34. The molecule has 0 unspecified atom stereocenters. The normalized spacial score (nSPS) is 10.8. The standard InChI is InChI=1S/C15H13N3S/c1-3-11-6-7-19-14(11)15-17-12-5-4-10(9-16)8-13(12)18(15)2/h4-8H,3H2,1-2H3. The van der Waals surface area contributed by atoms with E-state index in [9.17, 15) is 0 Å². The van der Waals surface area contributed by atoms with E-state index < -0.39 is 0 Å². The number of benzene rings is 1. The van der Waals surface area contributed by atoms with E-state index in [2.05, 4.69) is 29.0 Å². The van der Waals surface area contributed by atoms with Crippen molar-refractivity contribution in [2.45, 2.75) is 13.3 Å². The predicted molar refractivity (Wildman–Crippen MR) is 78.1 cm³/mol. The SMILES string of the molecule is CCc1ccsc1-c1nc2ccc(C#N)cc2n1C. The van der Waals surface area contributed by atoms with Gasteiger partial charge in [-0.15, -0.1) is 11.3 Å². The molecule has 3 nitrogen and oxygen atoms in total. The Bertz CT molecular complexity index is 789. The van der Waals surface area contributed by atoms with Gasteiger partial charge in [-0.1, -0.05) is 6.92 Å². The van der Waals surface area contributed by atoms with Crippen molar-refractivity contribution in [2.24, 2.45) is 7.05 Å². The van der Waals surface area contributed by atoms with Crippen LogP contribution < -0.4 is 0 Å². The molecular weight excluding hydrogens is 254 g/mol. The summed E-state index contributed by atoms with van der Waals surface area (Å²) in [6, 6.07) is 9.95. The highest BCUT2D eigenvalue weighted by molar-refractivity contribution is 7.13. The minimum atomic E-state index is 0.670. The Morgan fingerprint density at radius 2 is 2.21 bits per heavy atom. The molecule has 4 heteroatoms. The molecule has 3 aromatic rings. The van der Waals surface area contributed by atoms with Crippen molar-refractivity contribution in [3.05, 3.63) is 40.8 Å². The van der Waals surface area contributed by atoms with E-state index in [4.69, 9.17) is 10.2 Å². The Kier molecular flexibility index (Phi) is 2.84. The van der Waals surface area contributed by atoms with Crippen LogP contribution in [0.4, 0.5) is 0 Å². The molecule has 3 rings (SSSR count). The fourth-order valence-corrected chi connectivity index (χ4v) is 3.29. The molecule has 0 aliphatic rings. The van der Waals surface area contributed by atoms with Crippen LogP contribution in [-0.2, 0) is 13.5 Å². The largest absolute Gasteiger partial charge is 0.326 e. The van der Waals surface area contributed by atoms with Crippen molar-refractivity contribution >= 4 is 22.4 Å². The second-order valence-corrected chi connectivity index (χ2v) is 5.35. The Morgan fingerprint density at radius 1 is 1.37 bits per heavy atom. The highest BCUT2D eigenvalue weighted by atomic mass is 32.1. The summed E-state index contributed by atoms with van der Waals surface area (Å²) < 4.78 is 2.07. The molecule has 0 saturated carbocycles. The number of rotatable bonds is 2. The molecule has 0 atom stereocenters. The maximum Gasteiger partial charge on any atom is 0.151 e. The van der Waals surface area contributed by atoms with Gasteiger partial charge < -0.3 is 4.57 Å². The molecular formula is C15H13N3S. The summed E-state index contributed by atoms with van der Waals surface area (Å²) >= 11 is 1.72. The number of imidazole rings is 1. The molecule has 0 spiro atoms. The Labute approximate surface area is 115 Å². The van der Waals surface area contributed by atoms with Gasteiger partial charge in [0.1, 0.15) is 0 Å². The van der Waals surface area contributed by atoms with E-state index in [-0.39, 0.29) is 0 Å². The van der Waals surface area contributed by atoms with Crippen LogP contribution in [-0.4, -0.2) is 9.55 Å². The number of fused-ring (bicyclic) bond motifs is 1. The van der Waals surface area contributed by atoms with Crippen LogP contribution in [0.2, 0.25) is 0 Å². The van der Waals surface area contributed by atoms with Crippen LogP contribution in [0.1, 0.15) is 18.1 Å². The van der Waals surface area contributed by atoms with Gasteiger partial charge >= 0.3 is 0 Å². The Morgan fingerprint density at radius 3 is 2.95 bits per heavy atom. The number of aryl methyl sites for hydroxylation is 2. The molecule has 94 valence electrons. The van der Waals surface area contributed by atoms with Crippen LogP contribution in [0.25, 0.3) is 21.7 Å². The third-order valence-corrected chi connectivity index (χ3v) is 4.29. The average Bonchev–Trinajstić information content (AvgIpc) is 3.03. The second kappa shape index (κ2) is 4.52. The van der Waals surface area contributed by atoms with Crippen LogP contribution in [0, 0.1) is 11.3 Å². The van der Waals surface area contributed by atoms with Gasteiger partial charge in [-0.2, -0.15) is 5.26 Å². The van der Waals surface area contributed by atoms with Crippen LogP contribution >= 0.6 is 11.3 Å². The summed E-state index contributed by atoms with van der Waals surface area (Å²) in [5, 5.41) is 11.1. The number of thiophene rings is 1. The molecule has 0 fully saturated rings. The van der Waals surface area contributed by atoms with Gasteiger partial charge in [-0.25, -0.2) is 4.98 Å². The van der Waals surface area contributed by atoms with E-state index >= 15 is 0 Å². The lowest BCUT2D eigenvalue weighted by molar-refractivity contribution is 0.958. The lowest BCUT2D eigenvalue weighted by Crippen LogP contribution is -1.93. The molecule has 0 aliphatic carbocycles.